The van der Waals surface area contributed by atoms with Crippen molar-refractivity contribution in [1.82, 2.24) is 30.4 Å². The minimum atomic E-state index is -0.622. The van der Waals surface area contributed by atoms with E-state index >= 15 is 0 Å². The minimum Gasteiger partial charge on any atom is -0.494 e. The van der Waals surface area contributed by atoms with E-state index < -0.39 is 12.0 Å². The molecule has 0 saturated carbocycles. The molecule has 0 saturated heterocycles. The van der Waals surface area contributed by atoms with E-state index in [9.17, 15) is 4.79 Å². The molecule has 36 heavy (non-hydrogen) atoms. The lowest BCUT2D eigenvalue weighted by Crippen LogP contribution is -2.31. The lowest BCUT2D eigenvalue weighted by molar-refractivity contribution is -0.139. The van der Waals surface area contributed by atoms with Gasteiger partial charge in [-0.2, -0.15) is 4.68 Å². The number of benzene rings is 2. The first kappa shape index (κ1) is 23.9. The van der Waals surface area contributed by atoms with Gasteiger partial charge in [-0.3, -0.25) is 0 Å². The zero-order valence-electron chi connectivity index (χ0n) is 19.6. The number of fused-ring (bicyclic) bond motifs is 1. The smallest absolute Gasteiger partial charge is 0.338 e. The largest absolute Gasteiger partial charge is 0.494 e. The molecule has 0 fully saturated rings. The Hall–Kier alpha value is -3.77. The Balaban J connectivity index is 1.52. The van der Waals surface area contributed by atoms with Crippen molar-refractivity contribution in [2.24, 2.45) is 0 Å². The number of ether oxygens (including phenoxy) is 2. The van der Waals surface area contributed by atoms with Crippen LogP contribution in [-0.2, 0) is 9.53 Å². The van der Waals surface area contributed by atoms with Crippen LogP contribution in [0, 0.1) is 0 Å². The molecule has 1 aliphatic rings. The van der Waals surface area contributed by atoms with Crippen LogP contribution in [0.25, 0.3) is 10.6 Å². The molecule has 10 nitrogen and oxygen atoms in total. The van der Waals surface area contributed by atoms with E-state index in [0.717, 1.165) is 20.5 Å². The summed E-state index contributed by atoms with van der Waals surface area (Å²) in [6.45, 7) is 4.41. The molecule has 0 bridgehead atoms. The number of hydrogen-bond donors (Lipinski definition) is 1. The third-order valence-electron chi connectivity index (χ3n) is 5.37. The van der Waals surface area contributed by atoms with Gasteiger partial charge in [0.25, 0.3) is 0 Å². The molecule has 1 N–H and O–H groups in total. The molecule has 0 amide bonds. The van der Waals surface area contributed by atoms with Gasteiger partial charge in [0.05, 0.1) is 18.8 Å². The zero-order valence-corrected chi connectivity index (χ0v) is 21.3. The van der Waals surface area contributed by atoms with Crippen LogP contribution in [-0.4, -0.2) is 55.3 Å². The van der Waals surface area contributed by atoms with Gasteiger partial charge in [-0.25, -0.2) is 4.79 Å². The summed E-state index contributed by atoms with van der Waals surface area (Å²) in [4.78, 5) is 13.3. The quantitative estimate of drug-likeness (QED) is 0.253. The maximum atomic E-state index is 13.3. The van der Waals surface area contributed by atoms with Gasteiger partial charge in [-0.1, -0.05) is 76.7 Å². The molecule has 184 valence electrons. The van der Waals surface area contributed by atoms with Crippen LogP contribution in [0.2, 0.25) is 0 Å². The maximum Gasteiger partial charge on any atom is 0.338 e. The molecular weight excluding hydrogens is 498 g/mol. The van der Waals surface area contributed by atoms with E-state index in [1.165, 1.54) is 23.1 Å². The number of hydrogen-bond acceptors (Lipinski definition) is 11. The molecule has 12 heteroatoms. The molecule has 0 spiro atoms. The summed E-state index contributed by atoms with van der Waals surface area (Å²) < 4.78 is 13.7. The first-order valence-electron chi connectivity index (χ1n) is 11.4. The number of para-hydroxylation sites is 1. The van der Waals surface area contributed by atoms with Crippen molar-refractivity contribution in [2.75, 3.05) is 24.3 Å². The molecule has 1 unspecified atom stereocenters. The number of aromatic nitrogens is 6. The van der Waals surface area contributed by atoms with Crippen molar-refractivity contribution >= 4 is 35.0 Å². The number of nitrogens with zero attached hydrogens (tertiary/aromatic N) is 6. The number of nitrogens with one attached hydrogen (secondary N) is 1. The molecular formula is C24H23N7O3S2. The third-order valence-corrected chi connectivity index (χ3v) is 7.51. The van der Waals surface area contributed by atoms with Crippen LogP contribution in [0.1, 0.15) is 25.5 Å². The molecule has 0 radical (unpaired) electrons. The highest BCUT2D eigenvalue weighted by Gasteiger charge is 2.37. The van der Waals surface area contributed by atoms with Crippen LogP contribution in [0.5, 0.6) is 5.75 Å². The Labute approximate surface area is 215 Å². The van der Waals surface area contributed by atoms with E-state index in [1.54, 1.807) is 11.6 Å². The Kier molecular flexibility index (Phi) is 7.23. The number of rotatable bonds is 9. The Morgan fingerprint density at radius 3 is 2.67 bits per heavy atom. The number of carbonyl (C=O) groups excluding carboxylic acids is 1. The van der Waals surface area contributed by atoms with E-state index in [4.69, 9.17) is 9.47 Å². The van der Waals surface area contributed by atoms with Gasteiger partial charge in [0.1, 0.15) is 16.8 Å². The predicted molar refractivity (Wildman–Crippen MR) is 137 cm³/mol. The van der Waals surface area contributed by atoms with Crippen LogP contribution < -0.4 is 10.1 Å². The highest BCUT2D eigenvalue weighted by atomic mass is 32.2. The third kappa shape index (κ3) is 4.82. The van der Waals surface area contributed by atoms with E-state index in [0.29, 0.717) is 35.3 Å². The summed E-state index contributed by atoms with van der Waals surface area (Å²) in [5, 5.41) is 24.8. The zero-order chi connectivity index (χ0) is 24.9. The number of tetrazole rings is 1. The maximum absolute atomic E-state index is 13.3. The summed E-state index contributed by atoms with van der Waals surface area (Å²) in [5.74, 6) is 1.05. The van der Waals surface area contributed by atoms with Gasteiger partial charge >= 0.3 is 5.97 Å². The number of esters is 1. The number of thioether (sulfide) groups is 1. The fourth-order valence-electron chi connectivity index (χ4n) is 3.88. The number of carbonyl (C=O) groups is 1. The van der Waals surface area contributed by atoms with Crippen molar-refractivity contribution in [2.45, 2.75) is 24.2 Å². The SMILES string of the molecule is CCOC(=O)C1=C(CSc2nnc(-c3ccccc3)s2)Nc2nnnn2C1c1ccccc1OCC. The topological polar surface area (TPSA) is 117 Å². The summed E-state index contributed by atoms with van der Waals surface area (Å²) in [7, 11) is 0. The van der Waals surface area contributed by atoms with Gasteiger partial charge < -0.3 is 14.8 Å². The average molecular weight is 522 g/mol. The summed E-state index contributed by atoms with van der Waals surface area (Å²) >= 11 is 2.97. The van der Waals surface area contributed by atoms with E-state index in [2.05, 4.69) is 31.0 Å². The molecule has 2 aromatic heterocycles. The first-order chi connectivity index (χ1) is 17.7. The predicted octanol–water partition coefficient (Wildman–Crippen LogP) is 4.21. The van der Waals surface area contributed by atoms with E-state index in [-0.39, 0.29) is 6.61 Å². The summed E-state index contributed by atoms with van der Waals surface area (Å²) in [5.41, 5.74) is 2.84. The molecule has 5 rings (SSSR count). The highest BCUT2D eigenvalue weighted by molar-refractivity contribution is 8.01. The lowest BCUT2D eigenvalue weighted by atomic mass is 9.95. The average Bonchev–Trinajstić information content (AvgIpc) is 3.57. The van der Waals surface area contributed by atoms with Crippen LogP contribution in [0.15, 0.2) is 70.2 Å². The second-order valence-electron chi connectivity index (χ2n) is 7.59. The molecule has 0 aliphatic carbocycles. The van der Waals surface area contributed by atoms with Crippen molar-refractivity contribution in [3.63, 3.8) is 0 Å². The van der Waals surface area contributed by atoms with Crippen molar-refractivity contribution in [1.29, 1.82) is 0 Å². The summed E-state index contributed by atoms with van der Waals surface area (Å²) in [6.07, 6.45) is 0. The minimum absolute atomic E-state index is 0.238. The molecule has 3 heterocycles. The standard InChI is InChI=1S/C24H23N7O3S2/c1-3-33-18-13-9-8-12-16(18)20-19(22(32)34-4-2)17(25-23-27-29-30-31(20)23)14-35-24-28-26-21(36-24)15-10-6-5-7-11-15/h5-13,20H,3-4,14H2,1-2H3,(H,25,27,30). The molecule has 1 atom stereocenters. The summed E-state index contributed by atoms with van der Waals surface area (Å²) in [6, 6.07) is 16.8. The fraction of sp³-hybridized carbons (Fsp3) is 0.250. The Bertz CT molecular complexity index is 1390. The molecule has 4 aromatic rings. The Morgan fingerprint density at radius 2 is 1.86 bits per heavy atom. The van der Waals surface area contributed by atoms with Crippen molar-refractivity contribution < 1.29 is 14.3 Å². The normalized spacial score (nSPS) is 14.8. The molecule has 1 aliphatic heterocycles. The first-order valence-corrected chi connectivity index (χ1v) is 13.2. The monoisotopic (exact) mass is 521 g/mol. The van der Waals surface area contributed by atoms with Gasteiger partial charge in [-0.05, 0) is 30.3 Å². The van der Waals surface area contributed by atoms with Crippen molar-refractivity contribution in [3.05, 3.63) is 71.4 Å². The van der Waals surface area contributed by atoms with Crippen molar-refractivity contribution in [3.8, 4) is 16.3 Å². The van der Waals surface area contributed by atoms with Crippen LogP contribution in [0.3, 0.4) is 0 Å². The van der Waals surface area contributed by atoms with Gasteiger partial charge in [0.2, 0.25) is 5.95 Å². The second-order valence-corrected chi connectivity index (χ2v) is 9.79. The number of anilines is 1. The highest BCUT2D eigenvalue weighted by Crippen LogP contribution is 2.40. The van der Waals surface area contributed by atoms with Crippen LogP contribution in [0.4, 0.5) is 5.95 Å². The van der Waals surface area contributed by atoms with Crippen LogP contribution >= 0.6 is 23.1 Å². The Morgan fingerprint density at radius 1 is 1.06 bits per heavy atom. The second kappa shape index (κ2) is 10.9. The van der Waals surface area contributed by atoms with Gasteiger partial charge in [0, 0.05) is 22.6 Å². The van der Waals surface area contributed by atoms with E-state index in [1.807, 2.05) is 61.5 Å². The lowest BCUT2D eigenvalue weighted by Gasteiger charge is -2.29. The van der Waals surface area contributed by atoms with Gasteiger partial charge in [-0.15, -0.1) is 10.2 Å². The fourth-order valence-corrected chi connectivity index (χ4v) is 5.70. The van der Waals surface area contributed by atoms with Gasteiger partial charge in [0.15, 0.2) is 4.34 Å². The molecule has 2 aromatic carbocycles.